The number of methoxy groups -OCH3 is 1. The van der Waals surface area contributed by atoms with E-state index in [2.05, 4.69) is 15.5 Å². The maximum Gasteiger partial charge on any atom is 0.271 e. The predicted octanol–water partition coefficient (Wildman–Crippen LogP) is 2.80. The molecular formula is C21H19N4O5-. The maximum atomic E-state index is 12.5. The molecule has 2 aromatic carbocycles. The van der Waals surface area contributed by atoms with Gasteiger partial charge in [-0.15, -0.1) is 0 Å². The van der Waals surface area contributed by atoms with Gasteiger partial charge in [0.25, 0.3) is 11.6 Å². The van der Waals surface area contributed by atoms with Gasteiger partial charge < -0.3 is 14.8 Å². The minimum absolute atomic E-state index is 0.167. The molecule has 0 atom stereocenters. The molecule has 1 aromatic heterocycles. The summed E-state index contributed by atoms with van der Waals surface area (Å²) in [6.45, 7) is 0. The molecule has 0 saturated carbocycles. The van der Waals surface area contributed by atoms with Crippen LogP contribution in [0.5, 0.6) is 11.5 Å². The fourth-order valence-electron chi connectivity index (χ4n) is 3.75. The second-order valence-electron chi connectivity index (χ2n) is 7.08. The van der Waals surface area contributed by atoms with E-state index in [0.29, 0.717) is 5.56 Å². The van der Waals surface area contributed by atoms with Gasteiger partial charge in [-0.1, -0.05) is 0 Å². The molecule has 9 heteroatoms. The highest BCUT2D eigenvalue weighted by Gasteiger charge is 2.17. The molecule has 9 nitrogen and oxygen atoms in total. The van der Waals surface area contributed by atoms with Gasteiger partial charge in [0.15, 0.2) is 0 Å². The van der Waals surface area contributed by atoms with Crippen LogP contribution in [0.15, 0.2) is 35.4 Å². The normalized spacial score (nSPS) is 13.4. The Balaban J connectivity index is 1.54. The van der Waals surface area contributed by atoms with Crippen molar-refractivity contribution in [3.8, 4) is 11.5 Å². The standard InChI is InChI=1S/C21H20N4O5/c1-30-19-9-12(8-18(20(19)26)25(28)29)11-22-24-21(27)13-6-7-17-15(10-13)14-4-2-3-5-16(14)23-17/h6-11,23,26H,2-5H2,1H3,(H,24,27)/p-1/b22-11-. The SMILES string of the molecule is COc1cc(/C=N\NC(=O)c2ccc3[nH]c4c(c3c2)CCCC4)cc([N+](=O)[O-])c1[O-]. The second-order valence-corrected chi connectivity index (χ2v) is 7.08. The summed E-state index contributed by atoms with van der Waals surface area (Å²) in [4.78, 5) is 26.2. The van der Waals surface area contributed by atoms with E-state index in [0.717, 1.165) is 42.7 Å². The van der Waals surface area contributed by atoms with Crippen molar-refractivity contribution in [2.75, 3.05) is 7.11 Å². The number of H-pyrrole nitrogens is 1. The topological polar surface area (TPSA) is 133 Å². The molecule has 30 heavy (non-hydrogen) atoms. The van der Waals surface area contributed by atoms with Crippen molar-refractivity contribution >= 4 is 28.7 Å². The van der Waals surface area contributed by atoms with E-state index in [-0.39, 0.29) is 11.3 Å². The van der Waals surface area contributed by atoms with Crippen LogP contribution in [-0.2, 0) is 12.8 Å². The fourth-order valence-corrected chi connectivity index (χ4v) is 3.75. The van der Waals surface area contributed by atoms with Crippen LogP contribution in [0.1, 0.15) is 40.0 Å². The Labute approximate surface area is 171 Å². The first-order chi connectivity index (χ1) is 14.5. The molecule has 154 valence electrons. The number of fused-ring (bicyclic) bond motifs is 3. The number of benzene rings is 2. The lowest BCUT2D eigenvalue weighted by Gasteiger charge is -2.12. The highest BCUT2D eigenvalue weighted by atomic mass is 16.6. The highest BCUT2D eigenvalue weighted by molar-refractivity contribution is 5.99. The molecule has 0 unspecified atom stereocenters. The van der Waals surface area contributed by atoms with Crippen LogP contribution in [0, 0.1) is 10.1 Å². The third-order valence-electron chi connectivity index (χ3n) is 5.21. The number of nitrogens with zero attached hydrogens (tertiary/aromatic N) is 2. The van der Waals surface area contributed by atoms with Gasteiger partial charge in [-0.3, -0.25) is 14.9 Å². The Kier molecular flexibility index (Phi) is 5.09. The van der Waals surface area contributed by atoms with E-state index in [4.69, 9.17) is 4.74 Å². The summed E-state index contributed by atoms with van der Waals surface area (Å²) in [7, 11) is 1.25. The third-order valence-corrected chi connectivity index (χ3v) is 5.21. The number of carbonyl (C=O) groups is 1. The number of hydrogen-bond acceptors (Lipinski definition) is 6. The van der Waals surface area contributed by atoms with Crippen LogP contribution in [0.3, 0.4) is 0 Å². The summed E-state index contributed by atoms with van der Waals surface area (Å²) in [5, 5.41) is 27.8. The molecule has 0 bridgehead atoms. The van der Waals surface area contributed by atoms with E-state index >= 15 is 0 Å². The van der Waals surface area contributed by atoms with Gasteiger partial charge in [-0.2, -0.15) is 5.10 Å². The first-order valence-electron chi connectivity index (χ1n) is 9.48. The Bertz CT molecular complexity index is 1180. The average Bonchev–Trinajstić information content (AvgIpc) is 3.12. The molecule has 0 saturated heterocycles. The number of nitro benzene ring substituents is 1. The third kappa shape index (κ3) is 3.57. The van der Waals surface area contributed by atoms with Crippen LogP contribution in [0.2, 0.25) is 0 Å². The van der Waals surface area contributed by atoms with Gasteiger partial charge in [-0.05, 0) is 55.5 Å². The van der Waals surface area contributed by atoms with Gasteiger partial charge in [0, 0.05) is 39.5 Å². The summed E-state index contributed by atoms with van der Waals surface area (Å²) >= 11 is 0. The number of aromatic amines is 1. The van der Waals surface area contributed by atoms with Gasteiger partial charge in [0.2, 0.25) is 0 Å². The lowest BCUT2D eigenvalue weighted by atomic mass is 9.95. The summed E-state index contributed by atoms with van der Waals surface area (Å²) < 4.78 is 4.88. The predicted molar refractivity (Wildman–Crippen MR) is 109 cm³/mol. The minimum Gasteiger partial charge on any atom is -0.865 e. The number of nitro groups is 1. The lowest BCUT2D eigenvalue weighted by Crippen LogP contribution is -2.17. The number of hydrazone groups is 1. The first kappa shape index (κ1) is 19.4. The summed E-state index contributed by atoms with van der Waals surface area (Å²) in [6, 6.07) is 7.85. The Hall–Kier alpha value is -3.88. The van der Waals surface area contributed by atoms with E-state index < -0.39 is 22.3 Å². The van der Waals surface area contributed by atoms with Crippen LogP contribution in [0.25, 0.3) is 10.9 Å². The molecule has 0 fully saturated rings. The van der Waals surface area contributed by atoms with Crippen molar-refractivity contribution < 1.29 is 19.6 Å². The second kappa shape index (κ2) is 7.86. The van der Waals surface area contributed by atoms with Crippen LogP contribution < -0.4 is 15.3 Å². The monoisotopic (exact) mass is 407 g/mol. The van der Waals surface area contributed by atoms with E-state index in [1.165, 1.54) is 30.6 Å². The number of aryl methyl sites for hydroxylation is 2. The number of ether oxygens (including phenoxy) is 1. The van der Waals surface area contributed by atoms with Gasteiger partial charge in [0.05, 0.1) is 18.2 Å². The van der Waals surface area contributed by atoms with Crippen molar-refractivity contribution in [3.05, 3.63) is 62.8 Å². The molecule has 3 aromatic rings. The van der Waals surface area contributed by atoms with Gasteiger partial charge in [-0.25, -0.2) is 5.43 Å². The van der Waals surface area contributed by atoms with Crippen LogP contribution >= 0.6 is 0 Å². The Morgan fingerprint density at radius 3 is 2.83 bits per heavy atom. The van der Waals surface area contributed by atoms with Crippen molar-refractivity contribution in [3.63, 3.8) is 0 Å². The minimum atomic E-state index is -0.813. The number of aromatic nitrogens is 1. The number of carbonyl (C=O) groups excluding carboxylic acids is 1. The van der Waals surface area contributed by atoms with E-state index in [9.17, 15) is 20.0 Å². The first-order valence-corrected chi connectivity index (χ1v) is 9.48. The molecule has 4 rings (SSSR count). The van der Waals surface area contributed by atoms with Crippen LogP contribution in [0.4, 0.5) is 5.69 Å². The molecule has 1 amide bonds. The number of rotatable bonds is 5. The molecular weight excluding hydrogens is 388 g/mol. The van der Waals surface area contributed by atoms with E-state index in [1.807, 2.05) is 12.1 Å². The summed E-state index contributed by atoms with van der Waals surface area (Å²) in [5.41, 5.74) is 6.04. The van der Waals surface area contributed by atoms with Gasteiger partial charge >= 0.3 is 0 Å². The van der Waals surface area contributed by atoms with Crippen molar-refractivity contribution in [1.29, 1.82) is 0 Å². The zero-order valence-corrected chi connectivity index (χ0v) is 16.2. The molecule has 0 spiro atoms. The zero-order valence-electron chi connectivity index (χ0n) is 16.2. The van der Waals surface area contributed by atoms with Crippen molar-refractivity contribution in [2.45, 2.75) is 25.7 Å². The Morgan fingerprint density at radius 2 is 2.07 bits per heavy atom. The lowest BCUT2D eigenvalue weighted by molar-refractivity contribution is -0.398. The molecule has 1 heterocycles. The average molecular weight is 407 g/mol. The van der Waals surface area contributed by atoms with Crippen molar-refractivity contribution in [2.24, 2.45) is 5.10 Å². The summed E-state index contributed by atoms with van der Waals surface area (Å²) in [5.74, 6) is -1.38. The molecule has 0 aliphatic heterocycles. The van der Waals surface area contributed by atoms with Crippen molar-refractivity contribution in [1.82, 2.24) is 10.4 Å². The number of amides is 1. The largest absolute Gasteiger partial charge is 0.865 e. The van der Waals surface area contributed by atoms with Gasteiger partial charge in [0.1, 0.15) is 5.75 Å². The smallest absolute Gasteiger partial charge is 0.271 e. The maximum absolute atomic E-state index is 12.5. The van der Waals surface area contributed by atoms with E-state index in [1.54, 1.807) is 6.07 Å². The molecule has 2 N–H and O–H groups in total. The van der Waals surface area contributed by atoms with Crippen LogP contribution in [-0.4, -0.2) is 29.1 Å². The number of nitrogens with one attached hydrogen (secondary N) is 2. The molecule has 1 aliphatic rings. The molecule has 0 radical (unpaired) electrons. The zero-order chi connectivity index (χ0) is 21.3. The number of hydrogen-bond donors (Lipinski definition) is 2. The Morgan fingerprint density at radius 1 is 1.27 bits per heavy atom. The highest BCUT2D eigenvalue weighted by Crippen LogP contribution is 2.34. The summed E-state index contributed by atoms with van der Waals surface area (Å²) in [6.07, 6.45) is 5.54. The molecule has 1 aliphatic carbocycles. The quantitative estimate of drug-likeness (QED) is 0.381. The fraction of sp³-hybridized carbons (Fsp3) is 0.238.